The number of halogens is 4. The fourth-order valence-electron chi connectivity index (χ4n) is 3.48. The first-order valence-electron chi connectivity index (χ1n) is 9.52. The average molecular weight is 447 g/mol. The highest BCUT2D eigenvalue weighted by atomic mass is 35.5. The van der Waals surface area contributed by atoms with Gasteiger partial charge in [-0.25, -0.2) is 0 Å². The second-order valence-corrected chi connectivity index (χ2v) is 8.30. The zero-order chi connectivity index (χ0) is 21.0. The second-order valence-electron chi connectivity index (χ2n) is 6.95. The molecule has 1 aromatic heterocycles. The smallest absolute Gasteiger partial charge is 0.324 e. The van der Waals surface area contributed by atoms with Gasteiger partial charge in [0.15, 0.2) is 5.16 Å². The van der Waals surface area contributed by atoms with Crippen molar-refractivity contribution in [3.8, 4) is 0 Å². The Labute approximate surface area is 176 Å². The van der Waals surface area contributed by atoms with E-state index >= 15 is 0 Å². The number of thioether (sulfide) groups is 1. The number of carbonyl (C=O) groups excluding carboxylic acids is 1. The predicted molar refractivity (Wildman–Crippen MR) is 107 cm³/mol. The highest BCUT2D eigenvalue weighted by Crippen LogP contribution is 2.35. The predicted octanol–water partition coefficient (Wildman–Crippen LogP) is 5.75. The number of carbonyl (C=O) groups is 1. The summed E-state index contributed by atoms with van der Waals surface area (Å²) in [6, 6.07) is 2.83. The molecular formula is C19H22ClF3N4OS. The lowest BCUT2D eigenvalue weighted by atomic mass is 9.89. The molecule has 1 saturated carbocycles. The summed E-state index contributed by atoms with van der Waals surface area (Å²) in [5.74, 6) is 0.885. The molecule has 1 fully saturated rings. The molecule has 0 radical (unpaired) electrons. The van der Waals surface area contributed by atoms with Gasteiger partial charge in [-0.05, 0) is 38.0 Å². The van der Waals surface area contributed by atoms with Crippen LogP contribution < -0.4 is 5.32 Å². The number of aromatic nitrogens is 3. The van der Waals surface area contributed by atoms with E-state index in [-0.39, 0.29) is 16.5 Å². The van der Waals surface area contributed by atoms with Crippen molar-refractivity contribution >= 4 is 35.0 Å². The lowest BCUT2D eigenvalue weighted by molar-refractivity contribution is -0.137. The number of rotatable bonds is 6. The maximum absolute atomic E-state index is 12.9. The van der Waals surface area contributed by atoms with Crippen LogP contribution in [0.5, 0.6) is 0 Å². The number of benzene rings is 1. The normalized spacial score (nSPS) is 15.5. The Hall–Kier alpha value is -1.74. The minimum absolute atomic E-state index is 0.00459. The summed E-state index contributed by atoms with van der Waals surface area (Å²) < 4.78 is 40.6. The van der Waals surface area contributed by atoms with Crippen LogP contribution in [0.2, 0.25) is 5.02 Å². The number of nitrogens with zero attached hydrogens (tertiary/aromatic N) is 3. The monoisotopic (exact) mass is 446 g/mol. The molecule has 1 aromatic carbocycles. The Bertz CT molecular complexity index is 866. The van der Waals surface area contributed by atoms with E-state index in [2.05, 4.69) is 15.5 Å². The van der Waals surface area contributed by atoms with Crippen LogP contribution >= 0.6 is 23.4 Å². The van der Waals surface area contributed by atoms with Gasteiger partial charge in [0.05, 0.1) is 22.0 Å². The maximum atomic E-state index is 12.9. The molecule has 0 saturated heterocycles. The first kappa shape index (κ1) is 22.0. The summed E-state index contributed by atoms with van der Waals surface area (Å²) in [6.45, 7) is 2.70. The van der Waals surface area contributed by atoms with Gasteiger partial charge in [-0.2, -0.15) is 13.2 Å². The quantitative estimate of drug-likeness (QED) is 0.574. The van der Waals surface area contributed by atoms with Crippen molar-refractivity contribution in [1.82, 2.24) is 14.8 Å². The Balaban J connectivity index is 1.65. The van der Waals surface area contributed by atoms with Crippen LogP contribution in [0.3, 0.4) is 0 Å². The number of alkyl halides is 3. The molecule has 1 aliphatic carbocycles. The Kier molecular flexibility index (Phi) is 7.10. The van der Waals surface area contributed by atoms with Gasteiger partial charge < -0.3 is 9.88 Å². The average Bonchev–Trinajstić information content (AvgIpc) is 3.11. The van der Waals surface area contributed by atoms with Crippen molar-refractivity contribution in [2.45, 2.75) is 62.8 Å². The fourth-order valence-corrected chi connectivity index (χ4v) is 4.45. The number of amides is 1. The van der Waals surface area contributed by atoms with E-state index in [9.17, 15) is 18.0 Å². The minimum atomic E-state index is -4.51. The van der Waals surface area contributed by atoms with Crippen LogP contribution in [0.1, 0.15) is 56.3 Å². The van der Waals surface area contributed by atoms with E-state index in [1.54, 1.807) is 0 Å². The fraction of sp³-hybridized carbons (Fsp3) is 0.526. The van der Waals surface area contributed by atoms with Crippen molar-refractivity contribution in [3.05, 3.63) is 34.6 Å². The molecule has 10 heteroatoms. The first-order chi connectivity index (χ1) is 13.8. The summed E-state index contributed by atoms with van der Waals surface area (Å²) in [5.41, 5.74) is -0.931. The summed E-state index contributed by atoms with van der Waals surface area (Å²) in [6.07, 6.45) is 1.30. The SMILES string of the molecule is CCn1c(SCC(=O)Nc2cc(C(F)(F)F)ccc2Cl)nnc1C1CCCCC1. The van der Waals surface area contributed by atoms with Gasteiger partial charge >= 0.3 is 6.18 Å². The molecule has 158 valence electrons. The molecule has 29 heavy (non-hydrogen) atoms. The molecular weight excluding hydrogens is 425 g/mol. The molecule has 0 spiro atoms. The van der Waals surface area contributed by atoms with E-state index in [0.717, 1.165) is 36.9 Å². The summed E-state index contributed by atoms with van der Waals surface area (Å²) >= 11 is 7.14. The van der Waals surface area contributed by atoms with E-state index in [1.165, 1.54) is 31.0 Å². The summed E-state index contributed by atoms with van der Waals surface area (Å²) in [7, 11) is 0. The number of hydrogen-bond donors (Lipinski definition) is 1. The molecule has 1 aliphatic rings. The van der Waals surface area contributed by atoms with Gasteiger partial charge in [-0.15, -0.1) is 10.2 Å². The van der Waals surface area contributed by atoms with E-state index in [4.69, 9.17) is 11.6 Å². The lowest BCUT2D eigenvalue weighted by Gasteiger charge is -2.21. The largest absolute Gasteiger partial charge is 0.416 e. The summed E-state index contributed by atoms with van der Waals surface area (Å²) in [5, 5.41) is 11.7. The molecule has 2 aromatic rings. The van der Waals surface area contributed by atoms with Crippen LogP contribution in [0, 0.1) is 0 Å². The van der Waals surface area contributed by atoms with E-state index in [0.29, 0.717) is 17.6 Å². The number of anilines is 1. The molecule has 0 aliphatic heterocycles. The molecule has 1 heterocycles. The number of hydrogen-bond acceptors (Lipinski definition) is 4. The van der Waals surface area contributed by atoms with Gasteiger partial charge in [-0.3, -0.25) is 4.79 Å². The Morgan fingerprint density at radius 3 is 2.66 bits per heavy atom. The standard InChI is InChI=1S/C19H22ClF3N4OS/c1-2-27-17(12-6-4-3-5-7-12)25-26-18(27)29-11-16(28)24-15-10-13(19(21,22)23)8-9-14(15)20/h8-10,12H,2-7,11H2,1H3,(H,24,28). The third kappa shape index (κ3) is 5.45. The van der Waals surface area contributed by atoms with Gasteiger partial charge in [0.1, 0.15) is 5.82 Å². The van der Waals surface area contributed by atoms with Crippen molar-refractivity contribution in [2.75, 3.05) is 11.1 Å². The first-order valence-corrected chi connectivity index (χ1v) is 10.9. The topological polar surface area (TPSA) is 59.8 Å². The molecule has 0 unspecified atom stereocenters. The van der Waals surface area contributed by atoms with Crippen molar-refractivity contribution < 1.29 is 18.0 Å². The van der Waals surface area contributed by atoms with Crippen LogP contribution in [-0.2, 0) is 17.5 Å². The van der Waals surface area contributed by atoms with Gasteiger partial charge in [0.2, 0.25) is 5.91 Å². The highest BCUT2D eigenvalue weighted by molar-refractivity contribution is 7.99. The van der Waals surface area contributed by atoms with Crippen LogP contribution in [0.4, 0.5) is 18.9 Å². The zero-order valence-electron chi connectivity index (χ0n) is 15.9. The Morgan fingerprint density at radius 1 is 1.28 bits per heavy atom. The maximum Gasteiger partial charge on any atom is 0.416 e. The van der Waals surface area contributed by atoms with Crippen molar-refractivity contribution in [2.24, 2.45) is 0 Å². The van der Waals surface area contributed by atoms with E-state index in [1.807, 2.05) is 11.5 Å². The second kappa shape index (κ2) is 9.38. The third-order valence-electron chi connectivity index (χ3n) is 4.93. The van der Waals surface area contributed by atoms with Gasteiger partial charge in [0, 0.05) is 12.5 Å². The third-order valence-corrected chi connectivity index (χ3v) is 6.23. The molecule has 5 nitrogen and oxygen atoms in total. The van der Waals surface area contributed by atoms with E-state index < -0.39 is 17.6 Å². The minimum Gasteiger partial charge on any atom is -0.324 e. The molecule has 1 amide bonds. The molecule has 3 rings (SSSR count). The highest BCUT2D eigenvalue weighted by Gasteiger charge is 2.31. The molecule has 1 N–H and O–H groups in total. The van der Waals surface area contributed by atoms with Crippen molar-refractivity contribution in [1.29, 1.82) is 0 Å². The zero-order valence-corrected chi connectivity index (χ0v) is 17.5. The Morgan fingerprint density at radius 2 is 2.00 bits per heavy atom. The van der Waals surface area contributed by atoms with Gasteiger partial charge in [-0.1, -0.05) is 42.6 Å². The molecule has 0 bridgehead atoms. The lowest BCUT2D eigenvalue weighted by Crippen LogP contribution is -2.16. The number of nitrogens with one attached hydrogen (secondary N) is 1. The molecule has 0 atom stereocenters. The van der Waals surface area contributed by atoms with Crippen LogP contribution in [-0.4, -0.2) is 26.4 Å². The van der Waals surface area contributed by atoms with Crippen LogP contribution in [0.25, 0.3) is 0 Å². The summed E-state index contributed by atoms with van der Waals surface area (Å²) in [4.78, 5) is 12.3. The van der Waals surface area contributed by atoms with Crippen molar-refractivity contribution in [3.63, 3.8) is 0 Å². The van der Waals surface area contributed by atoms with Gasteiger partial charge in [0.25, 0.3) is 0 Å². The van der Waals surface area contributed by atoms with Crippen LogP contribution in [0.15, 0.2) is 23.4 Å².